The van der Waals surface area contributed by atoms with E-state index in [0.29, 0.717) is 0 Å². The monoisotopic (exact) mass is 245 g/mol. The zero-order chi connectivity index (χ0) is 13.4. The summed E-state index contributed by atoms with van der Waals surface area (Å²) in [6, 6.07) is 0.0711. The summed E-state index contributed by atoms with van der Waals surface area (Å²) in [5, 5.41) is 2.72. The van der Waals surface area contributed by atoms with Crippen LogP contribution < -0.4 is 11.1 Å². The summed E-state index contributed by atoms with van der Waals surface area (Å²) in [7, 11) is 3.10. The number of amides is 2. The molecule has 0 aromatic carbocycles. The lowest BCUT2D eigenvalue weighted by atomic mass is 10.2. The number of ether oxygens (including phenoxy) is 1. The van der Waals surface area contributed by atoms with Crippen LogP contribution in [-0.4, -0.2) is 56.1 Å². The molecule has 0 fully saturated rings. The Morgan fingerprint density at radius 1 is 1.41 bits per heavy atom. The van der Waals surface area contributed by atoms with Crippen LogP contribution in [0, 0.1) is 0 Å². The van der Waals surface area contributed by atoms with Crippen molar-refractivity contribution >= 4 is 11.8 Å². The van der Waals surface area contributed by atoms with Gasteiger partial charge in [-0.3, -0.25) is 9.59 Å². The SMILES string of the molecule is COC(CN)CC(=O)N(C)CC(=O)NC(C)C. The topological polar surface area (TPSA) is 84.7 Å². The van der Waals surface area contributed by atoms with Gasteiger partial charge in [0.2, 0.25) is 11.8 Å². The molecule has 0 aromatic rings. The molecule has 0 bridgehead atoms. The molecule has 1 unspecified atom stereocenters. The van der Waals surface area contributed by atoms with E-state index < -0.39 is 0 Å². The maximum Gasteiger partial charge on any atom is 0.239 e. The second-order valence-corrected chi connectivity index (χ2v) is 4.27. The van der Waals surface area contributed by atoms with E-state index in [2.05, 4.69) is 5.32 Å². The number of carbonyl (C=O) groups is 2. The molecule has 100 valence electrons. The summed E-state index contributed by atoms with van der Waals surface area (Å²) in [5.41, 5.74) is 5.42. The number of likely N-dealkylation sites (N-methyl/N-ethyl adjacent to an activating group) is 1. The quantitative estimate of drug-likeness (QED) is 0.623. The summed E-state index contributed by atoms with van der Waals surface area (Å²) in [4.78, 5) is 24.5. The highest BCUT2D eigenvalue weighted by atomic mass is 16.5. The van der Waals surface area contributed by atoms with Crippen LogP contribution in [-0.2, 0) is 14.3 Å². The zero-order valence-electron chi connectivity index (χ0n) is 11.0. The molecule has 0 aliphatic carbocycles. The summed E-state index contributed by atoms with van der Waals surface area (Å²) < 4.78 is 5.02. The molecule has 6 heteroatoms. The van der Waals surface area contributed by atoms with Crippen LogP contribution in [0.5, 0.6) is 0 Å². The lowest BCUT2D eigenvalue weighted by Crippen LogP contribution is -2.42. The van der Waals surface area contributed by atoms with E-state index in [1.165, 1.54) is 12.0 Å². The van der Waals surface area contributed by atoms with E-state index in [0.717, 1.165) is 0 Å². The fourth-order valence-corrected chi connectivity index (χ4v) is 1.28. The first-order chi connectivity index (χ1) is 7.90. The first-order valence-corrected chi connectivity index (χ1v) is 5.66. The summed E-state index contributed by atoms with van der Waals surface area (Å²) in [6.45, 7) is 4.08. The Labute approximate surface area is 102 Å². The number of nitrogens with two attached hydrogens (primary N) is 1. The van der Waals surface area contributed by atoms with E-state index in [4.69, 9.17) is 10.5 Å². The molecule has 3 N–H and O–H groups in total. The second-order valence-electron chi connectivity index (χ2n) is 4.27. The molecule has 0 spiro atoms. The third-order valence-corrected chi connectivity index (χ3v) is 2.25. The molecule has 0 saturated carbocycles. The highest BCUT2D eigenvalue weighted by Crippen LogP contribution is 1.99. The lowest BCUT2D eigenvalue weighted by Gasteiger charge is -2.20. The molecular weight excluding hydrogens is 222 g/mol. The van der Waals surface area contributed by atoms with Crippen molar-refractivity contribution in [1.29, 1.82) is 0 Å². The van der Waals surface area contributed by atoms with E-state index in [-0.39, 0.29) is 43.5 Å². The predicted molar refractivity (Wildman–Crippen MR) is 65.4 cm³/mol. The number of nitrogens with one attached hydrogen (secondary N) is 1. The van der Waals surface area contributed by atoms with Crippen LogP contribution in [0.3, 0.4) is 0 Å². The van der Waals surface area contributed by atoms with Crippen molar-refractivity contribution in [1.82, 2.24) is 10.2 Å². The van der Waals surface area contributed by atoms with Crippen LogP contribution in [0.1, 0.15) is 20.3 Å². The van der Waals surface area contributed by atoms with Crippen molar-refractivity contribution in [2.75, 3.05) is 27.2 Å². The first kappa shape index (κ1) is 15.9. The molecule has 17 heavy (non-hydrogen) atoms. The van der Waals surface area contributed by atoms with Gasteiger partial charge in [-0.2, -0.15) is 0 Å². The van der Waals surface area contributed by atoms with Gasteiger partial charge >= 0.3 is 0 Å². The minimum absolute atomic E-state index is 0.0536. The van der Waals surface area contributed by atoms with Crippen LogP contribution >= 0.6 is 0 Å². The maximum atomic E-state index is 11.7. The Bertz CT molecular complexity index is 252. The van der Waals surface area contributed by atoms with Gasteiger partial charge < -0.3 is 20.7 Å². The summed E-state index contributed by atoms with van der Waals surface area (Å²) in [5.74, 6) is -0.321. The molecular formula is C11H23N3O3. The Morgan fingerprint density at radius 3 is 2.41 bits per heavy atom. The minimum Gasteiger partial charge on any atom is -0.380 e. The van der Waals surface area contributed by atoms with Crippen molar-refractivity contribution in [3.8, 4) is 0 Å². The van der Waals surface area contributed by atoms with Crippen molar-refractivity contribution in [3.63, 3.8) is 0 Å². The van der Waals surface area contributed by atoms with E-state index >= 15 is 0 Å². The van der Waals surface area contributed by atoms with Crippen LogP contribution in [0.2, 0.25) is 0 Å². The van der Waals surface area contributed by atoms with Crippen molar-refractivity contribution in [2.45, 2.75) is 32.4 Å². The van der Waals surface area contributed by atoms with Gasteiger partial charge in [0.15, 0.2) is 0 Å². The fourth-order valence-electron chi connectivity index (χ4n) is 1.28. The molecule has 0 radical (unpaired) electrons. The molecule has 0 aliphatic rings. The van der Waals surface area contributed by atoms with Gasteiger partial charge in [-0.25, -0.2) is 0 Å². The van der Waals surface area contributed by atoms with Gasteiger partial charge in [0.1, 0.15) is 0 Å². The largest absolute Gasteiger partial charge is 0.380 e. The molecule has 0 saturated heterocycles. The third-order valence-electron chi connectivity index (χ3n) is 2.25. The van der Waals surface area contributed by atoms with E-state index in [1.54, 1.807) is 7.05 Å². The highest BCUT2D eigenvalue weighted by Gasteiger charge is 2.17. The van der Waals surface area contributed by atoms with E-state index in [9.17, 15) is 9.59 Å². The number of nitrogens with zero attached hydrogens (tertiary/aromatic N) is 1. The van der Waals surface area contributed by atoms with Gasteiger partial charge in [0.05, 0.1) is 19.1 Å². The molecule has 0 aromatic heterocycles. The third kappa shape index (κ3) is 6.91. The molecule has 2 amide bonds. The van der Waals surface area contributed by atoms with Crippen molar-refractivity contribution in [2.24, 2.45) is 5.73 Å². The fraction of sp³-hybridized carbons (Fsp3) is 0.818. The summed E-state index contributed by atoms with van der Waals surface area (Å²) >= 11 is 0. The molecule has 0 rings (SSSR count). The molecule has 6 nitrogen and oxygen atoms in total. The highest BCUT2D eigenvalue weighted by molar-refractivity contribution is 5.84. The second kappa shape index (κ2) is 8.03. The predicted octanol–water partition coefficient (Wildman–Crippen LogP) is -0.667. The van der Waals surface area contributed by atoms with Crippen LogP contribution in [0.4, 0.5) is 0 Å². The first-order valence-electron chi connectivity index (χ1n) is 5.66. The Hall–Kier alpha value is -1.14. The number of rotatable bonds is 7. The number of carbonyl (C=O) groups excluding carboxylic acids is 2. The Balaban J connectivity index is 4.09. The zero-order valence-corrected chi connectivity index (χ0v) is 11.0. The minimum atomic E-state index is -0.293. The van der Waals surface area contributed by atoms with E-state index in [1.807, 2.05) is 13.8 Å². The molecule has 1 atom stereocenters. The summed E-state index contributed by atoms with van der Waals surface area (Å²) in [6.07, 6.45) is -0.101. The maximum absolute atomic E-state index is 11.7. The Kier molecular flexibility index (Phi) is 7.49. The Morgan fingerprint density at radius 2 is 2.00 bits per heavy atom. The van der Waals surface area contributed by atoms with Crippen LogP contribution in [0.15, 0.2) is 0 Å². The smallest absolute Gasteiger partial charge is 0.239 e. The van der Waals surface area contributed by atoms with Crippen LogP contribution in [0.25, 0.3) is 0 Å². The van der Waals surface area contributed by atoms with Gasteiger partial charge in [0, 0.05) is 26.7 Å². The number of hydrogen-bond donors (Lipinski definition) is 2. The average Bonchev–Trinajstić information content (AvgIpc) is 2.23. The van der Waals surface area contributed by atoms with Gasteiger partial charge in [-0.15, -0.1) is 0 Å². The molecule has 0 aliphatic heterocycles. The average molecular weight is 245 g/mol. The normalized spacial score (nSPS) is 12.4. The van der Waals surface area contributed by atoms with Crippen molar-refractivity contribution in [3.05, 3.63) is 0 Å². The van der Waals surface area contributed by atoms with Crippen molar-refractivity contribution < 1.29 is 14.3 Å². The number of hydrogen-bond acceptors (Lipinski definition) is 4. The standard InChI is InChI=1S/C11H23N3O3/c1-8(2)13-10(15)7-14(3)11(16)5-9(6-12)17-4/h8-9H,5-7,12H2,1-4H3,(H,13,15). The van der Waals surface area contributed by atoms with Gasteiger partial charge in [0.25, 0.3) is 0 Å². The van der Waals surface area contributed by atoms with Gasteiger partial charge in [-0.1, -0.05) is 0 Å². The molecule has 0 heterocycles. The lowest BCUT2D eigenvalue weighted by molar-refractivity contribution is -0.136. The number of methoxy groups -OCH3 is 1. The van der Waals surface area contributed by atoms with Gasteiger partial charge in [-0.05, 0) is 13.8 Å².